The quantitative estimate of drug-likeness (QED) is 0.753. The molecule has 2 atom stereocenters. The summed E-state index contributed by atoms with van der Waals surface area (Å²) in [5.74, 6) is 1.23. The Hall–Kier alpha value is -1.62. The molecule has 2 nitrogen and oxygen atoms in total. The molecule has 0 N–H and O–H groups in total. The molecule has 2 heteroatoms. The maximum absolute atomic E-state index is 12.1. The van der Waals surface area contributed by atoms with Gasteiger partial charge in [0.15, 0.2) is 5.78 Å². The van der Waals surface area contributed by atoms with E-state index in [-0.39, 0.29) is 5.78 Å². The Morgan fingerprint density at radius 3 is 2.67 bits per heavy atom. The molecule has 1 aromatic rings. The Morgan fingerprint density at radius 1 is 1.39 bits per heavy atom. The third-order valence-electron chi connectivity index (χ3n) is 3.63. The van der Waals surface area contributed by atoms with E-state index in [4.69, 9.17) is 5.26 Å². The van der Waals surface area contributed by atoms with Gasteiger partial charge in [-0.3, -0.25) is 4.79 Å². The minimum atomic E-state index is 0.172. The maximum Gasteiger partial charge on any atom is 0.163 e. The van der Waals surface area contributed by atoms with Crippen LogP contribution in [0.4, 0.5) is 0 Å². The molecule has 1 aromatic carbocycles. The van der Waals surface area contributed by atoms with Crippen molar-refractivity contribution < 1.29 is 4.79 Å². The van der Waals surface area contributed by atoms with Gasteiger partial charge in [-0.15, -0.1) is 0 Å². The second-order valence-electron chi connectivity index (χ2n) is 4.94. The van der Waals surface area contributed by atoms with Gasteiger partial charge >= 0.3 is 0 Å². The summed E-state index contributed by atoms with van der Waals surface area (Å²) in [5, 5.41) is 8.71. The monoisotopic (exact) mass is 239 g/mol. The van der Waals surface area contributed by atoms with Crippen molar-refractivity contribution >= 4 is 5.78 Å². The first-order chi connectivity index (χ1) is 8.72. The van der Waals surface area contributed by atoms with Crippen LogP contribution in [0.3, 0.4) is 0 Å². The molecule has 2 unspecified atom stereocenters. The highest BCUT2D eigenvalue weighted by Crippen LogP contribution is 2.34. The van der Waals surface area contributed by atoms with Crippen molar-refractivity contribution in [1.82, 2.24) is 0 Å². The normalized spacial score (nSPS) is 22.7. The van der Waals surface area contributed by atoms with Crippen molar-refractivity contribution in [2.75, 3.05) is 0 Å². The van der Waals surface area contributed by atoms with Gasteiger partial charge in [-0.25, -0.2) is 0 Å². The number of hydrogen-bond acceptors (Lipinski definition) is 2. The number of hydrogen-bond donors (Lipinski definition) is 0. The molecular formula is C16H17NO. The van der Waals surface area contributed by atoms with Gasteiger partial charge < -0.3 is 0 Å². The fourth-order valence-electron chi connectivity index (χ4n) is 2.49. The van der Waals surface area contributed by atoms with Crippen LogP contribution in [0.5, 0.6) is 0 Å². The Kier molecular flexibility index (Phi) is 4.15. The van der Waals surface area contributed by atoms with Crippen molar-refractivity contribution in [1.29, 1.82) is 5.26 Å². The predicted octanol–water partition coefficient (Wildman–Crippen LogP) is 3.59. The van der Waals surface area contributed by atoms with E-state index in [1.54, 1.807) is 24.3 Å². The predicted molar refractivity (Wildman–Crippen MR) is 70.6 cm³/mol. The number of benzene rings is 1. The van der Waals surface area contributed by atoms with Crippen LogP contribution in [0.15, 0.2) is 24.3 Å². The second kappa shape index (κ2) is 5.82. The number of ketones is 1. The minimum Gasteiger partial charge on any atom is -0.294 e. The molecule has 0 heterocycles. The Bertz CT molecular complexity index is 455. The van der Waals surface area contributed by atoms with E-state index < -0.39 is 0 Å². The molecule has 92 valence electrons. The molecule has 1 saturated carbocycles. The first-order valence-corrected chi connectivity index (χ1v) is 6.39. The summed E-state index contributed by atoms with van der Waals surface area (Å²) in [6.07, 6.45) is 5.98. The molecule has 1 fully saturated rings. The molecule has 2 rings (SSSR count). The van der Waals surface area contributed by atoms with E-state index in [1.165, 1.54) is 0 Å². The summed E-state index contributed by atoms with van der Waals surface area (Å²) in [5.41, 5.74) is 1.30. The number of Topliss-reactive ketones (excluding diaryl/α,β-unsaturated/α-hetero) is 1. The van der Waals surface area contributed by atoms with Crippen LogP contribution < -0.4 is 0 Å². The summed E-state index contributed by atoms with van der Waals surface area (Å²) in [7, 11) is 0. The lowest BCUT2D eigenvalue weighted by atomic mass is 9.95. The van der Waals surface area contributed by atoms with Gasteiger partial charge in [0.25, 0.3) is 0 Å². The smallest absolute Gasteiger partial charge is 0.163 e. The molecule has 0 bridgehead atoms. The molecule has 0 aromatic heterocycles. The van der Waals surface area contributed by atoms with Crippen LogP contribution in [0.25, 0.3) is 0 Å². The number of carbonyl (C=O) groups is 1. The van der Waals surface area contributed by atoms with Crippen molar-refractivity contribution in [3.8, 4) is 6.07 Å². The molecule has 2 radical (unpaired) electrons. The van der Waals surface area contributed by atoms with Crippen molar-refractivity contribution in [3.63, 3.8) is 0 Å². The van der Waals surface area contributed by atoms with Gasteiger partial charge in [0.2, 0.25) is 0 Å². The van der Waals surface area contributed by atoms with E-state index >= 15 is 0 Å². The minimum absolute atomic E-state index is 0.172. The summed E-state index contributed by atoms with van der Waals surface area (Å²) in [4.78, 5) is 12.1. The highest BCUT2D eigenvalue weighted by Gasteiger charge is 2.25. The summed E-state index contributed by atoms with van der Waals surface area (Å²) >= 11 is 0. The molecular weight excluding hydrogens is 222 g/mol. The van der Waals surface area contributed by atoms with Crippen molar-refractivity contribution in [2.24, 2.45) is 11.8 Å². The topological polar surface area (TPSA) is 40.9 Å². The van der Waals surface area contributed by atoms with Crippen LogP contribution in [-0.2, 0) is 0 Å². The standard InChI is InChI=1S/C16H17NO/c1-2-12-3-4-14(9-12)10-16(18)15-7-5-13(11-17)6-8-15/h4-8,12,14H,1-3,9-10H2. The van der Waals surface area contributed by atoms with Gasteiger partial charge in [0.05, 0.1) is 11.6 Å². The molecule has 0 spiro atoms. The molecule has 0 aliphatic heterocycles. The fourth-order valence-corrected chi connectivity index (χ4v) is 2.49. The lowest BCUT2D eigenvalue weighted by molar-refractivity contribution is 0.0966. The van der Waals surface area contributed by atoms with Gasteiger partial charge in [0.1, 0.15) is 0 Å². The van der Waals surface area contributed by atoms with E-state index in [0.717, 1.165) is 19.3 Å². The van der Waals surface area contributed by atoms with Crippen LogP contribution in [0, 0.1) is 36.5 Å². The molecule has 18 heavy (non-hydrogen) atoms. The van der Waals surface area contributed by atoms with Gasteiger partial charge in [-0.05, 0) is 43.2 Å². The number of carbonyl (C=O) groups excluding carboxylic acids is 1. The highest BCUT2D eigenvalue weighted by atomic mass is 16.1. The molecule has 0 amide bonds. The van der Waals surface area contributed by atoms with Crippen molar-refractivity contribution in [2.45, 2.75) is 25.7 Å². The average Bonchev–Trinajstić information content (AvgIpc) is 2.86. The lowest BCUT2D eigenvalue weighted by Gasteiger charge is -2.09. The Morgan fingerprint density at radius 2 is 2.11 bits per heavy atom. The van der Waals surface area contributed by atoms with Crippen LogP contribution in [0.2, 0.25) is 0 Å². The summed E-state index contributed by atoms with van der Waals surface area (Å²) < 4.78 is 0. The summed E-state index contributed by atoms with van der Waals surface area (Å²) in [6, 6.07) is 8.94. The second-order valence-corrected chi connectivity index (χ2v) is 4.94. The zero-order valence-electron chi connectivity index (χ0n) is 10.4. The first kappa shape index (κ1) is 12.8. The molecule has 1 aliphatic carbocycles. The lowest BCUT2D eigenvalue weighted by Crippen LogP contribution is -2.06. The molecule has 1 aliphatic rings. The van der Waals surface area contributed by atoms with Gasteiger partial charge in [0, 0.05) is 12.0 Å². The third-order valence-corrected chi connectivity index (χ3v) is 3.63. The van der Waals surface area contributed by atoms with E-state index in [2.05, 4.69) is 19.4 Å². The van der Waals surface area contributed by atoms with Crippen LogP contribution >= 0.6 is 0 Å². The van der Waals surface area contributed by atoms with Crippen LogP contribution in [0.1, 0.15) is 41.6 Å². The number of nitrogens with zero attached hydrogens (tertiary/aromatic N) is 1. The zero-order valence-corrected chi connectivity index (χ0v) is 10.4. The highest BCUT2D eigenvalue weighted by molar-refractivity contribution is 5.96. The fraction of sp³-hybridized carbons (Fsp3) is 0.375. The molecule has 0 saturated heterocycles. The number of nitriles is 1. The maximum atomic E-state index is 12.1. The van der Waals surface area contributed by atoms with Gasteiger partial charge in [-0.1, -0.05) is 25.5 Å². The summed E-state index contributed by atoms with van der Waals surface area (Å²) in [6.45, 7) is 3.92. The first-order valence-electron chi connectivity index (χ1n) is 6.39. The van der Waals surface area contributed by atoms with Crippen molar-refractivity contribution in [3.05, 3.63) is 48.7 Å². The number of rotatable bonds is 4. The van der Waals surface area contributed by atoms with E-state index in [1.807, 2.05) is 0 Å². The largest absolute Gasteiger partial charge is 0.294 e. The van der Waals surface area contributed by atoms with E-state index in [9.17, 15) is 4.79 Å². The SMILES string of the molecule is [CH2]CC1C[CH]C(CC(=O)c2ccc(C#N)cc2)C1. The third kappa shape index (κ3) is 2.98. The van der Waals surface area contributed by atoms with Gasteiger partial charge in [-0.2, -0.15) is 5.26 Å². The Labute approximate surface area is 109 Å². The van der Waals surface area contributed by atoms with Crippen LogP contribution in [-0.4, -0.2) is 5.78 Å². The van der Waals surface area contributed by atoms with E-state index in [0.29, 0.717) is 29.4 Å². The average molecular weight is 239 g/mol. The Balaban J connectivity index is 1.93. The zero-order chi connectivity index (χ0) is 13.0.